The van der Waals surface area contributed by atoms with Gasteiger partial charge in [0.25, 0.3) is 5.69 Å². The van der Waals surface area contributed by atoms with Crippen LogP contribution in [0.5, 0.6) is 0 Å². The molecule has 0 spiro atoms. The van der Waals surface area contributed by atoms with Gasteiger partial charge in [0.15, 0.2) is 0 Å². The fourth-order valence-corrected chi connectivity index (χ4v) is 1.87. The Bertz CT molecular complexity index is 603. The van der Waals surface area contributed by atoms with E-state index in [1.807, 2.05) is 0 Å². The molecule has 112 valence electrons. The fourth-order valence-electron chi connectivity index (χ4n) is 1.87. The molecule has 2 amide bonds. The minimum Gasteiger partial charge on any atom is -0.480 e. The predicted molar refractivity (Wildman–Crippen MR) is 69.4 cm³/mol. The normalized spacial score (nSPS) is 15.1. The van der Waals surface area contributed by atoms with E-state index in [1.54, 1.807) is 0 Å². The van der Waals surface area contributed by atoms with E-state index < -0.39 is 34.5 Å². The molecule has 1 saturated carbocycles. The van der Waals surface area contributed by atoms with E-state index in [0.29, 0.717) is 18.9 Å². The number of nitrogens with one attached hydrogen (secondary N) is 2. The molecule has 1 aromatic rings. The van der Waals surface area contributed by atoms with Gasteiger partial charge < -0.3 is 15.7 Å². The zero-order chi connectivity index (χ0) is 15.6. The number of anilines is 1. The van der Waals surface area contributed by atoms with Gasteiger partial charge >= 0.3 is 12.0 Å². The van der Waals surface area contributed by atoms with Crippen LogP contribution in [0.25, 0.3) is 0 Å². The van der Waals surface area contributed by atoms with Crippen molar-refractivity contribution in [3.05, 3.63) is 34.1 Å². The highest BCUT2D eigenvalue weighted by Crippen LogP contribution is 2.32. The predicted octanol–water partition coefficient (Wildman–Crippen LogP) is 1.72. The van der Waals surface area contributed by atoms with Crippen molar-refractivity contribution in [3.63, 3.8) is 0 Å². The number of rotatable bonds is 5. The van der Waals surface area contributed by atoms with Crippen LogP contribution in [-0.2, 0) is 4.79 Å². The van der Waals surface area contributed by atoms with Crippen LogP contribution in [0.15, 0.2) is 18.2 Å². The number of nitro groups is 1. The number of nitro benzene ring substituents is 1. The molecule has 1 aromatic carbocycles. The van der Waals surface area contributed by atoms with Gasteiger partial charge in [-0.2, -0.15) is 0 Å². The number of carbonyl (C=O) groups is 2. The third kappa shape index (κ3) is 3.88. The van der Waals surface area contributed by atoms with Gasteiger partial charge in [-0.3, -0.25) is 10.1 Å². The summed E-state index contributed by atoms with van der Waals surface area (Å²) in [4.78, 5) is 32.4. The second-order valence-corrected chi connectivity index (χ2v) is 4.71. The Hall–Kier alpha value is -2.71. The van der Waals surface area contributed by atoms with Crippen LogP contribution in [-0.4, -0.2) is 28.1 Å². The Balaban J connectivity index is 2.05. The Labute approximate surface area is 118 Å². The number of amides is 2. The van der Waals surface area contributed by atoms with Gasteiger partial charge in [-0.25, -0.2) is 14.0 Å². The molecule has 0 bridgehead atoms. The van der Waals surface area contributed by atoms with Crippen molar-refractivity contribution < 1.29 is 24.0 Å². The van der Waals surface area contributed by atoms with Gasteiger partial charge in [-0.15, -0.1) is 0 Å². The zero-order valence-electron chi connectivity index (χ0n) is 10.7. The van der Waals surface area contributed by atoms with Gasteiger partial charge in [0, 0.05) is 6.07 Å². The van der Waals surface area contributed by atoms with Crippen LogP contribution < -0.4 is 10.6 Å². The van der Waals surface area contributed by atoms with Gasteiger partial charge in [-0.1, -0.05) is 0 Å². The number of hydrogen-bond donors (Lipinski definition) is 3. The first-order chi connectivity index (χ1) is 9.86. The smallest absolute Gasteiger partial charge is 0.326 e. The Kier molecular flexibility index (Phi) is 4.01. The highest BCUT2D eigenvalue weighted by Gasteiger charge is 2.37. The van der Waals surface area contributed by atoms with E-state index >= 15 is 0 Å². The number of benzene rings is 1. The van der Waals surface area contributed by atoms with E-state index in [4.69, 9.17) is 5.11 Å². The van der Waals surface area contributed by atoms with E-state index in [1.165, 1.54) is 0 Å². The number of urea groups is 1. The quantitative estimate of drug-likeness (QED) is 0.564. The molecule has 0 aromatic heterocycles. The second kappa shape index (κ2) is 5.73. The van der Waals surface area contributed by atoms with E-state index in [-0.39, 0.29) is 11.6 Å². The maximum atomic E-state index is 13.2. The monoisotopic (exact) mass is 297 g/mol. The average molecular weight is 297 g/mol. The SMILES string of the molecule is O=C(Nc1cc(F)cc([N+](=O)[O-])c1)NC(C(=O)O)C1CC1. The van der Waals surface area contributed by atoms with Crippen molar-refractivity contribution in [1.82, 2.24) is 5.32 Å². The molecule has 1 fully saturated rings. The summed E-state index contributed by atoms with van der Waals surface area (Å²) in [5.41, 5.74) is -0.638. The molecule has 0 saturated heterocycles. The van der Waals surface area contributed by atoms with E-state index in [0.717, 1.165) is 12.1 Å². The lowest BCUT2D eigenvalue weighted by molar-refractivity contribution is -0.385. The van der Waals surface area contributed by atoms with Crippen molar-refractivity contribution >= 4 is 23.4 Å². The molecule has 0 heterocycles. The van der Waals surface area contributed by atoms with Gasteiger partial charge in [0.05, 0.1) is 16.7 Å². The molecule has 1 aliphatic carbocycles. The molecule has 3 N–H and O–H groups in total. The third-order valence-electron chi connectivity index (χ3n) is 3.00. The van der Waals surface area contributed by atoms with Crippen LogP contribution in [0.4, 0.5) is 20.6 Å². The summed E-state index contributed by atoms with van der Waals surface area (Å²) in [7, 11) is 0. The summed E-state index contributed by atoms with van der Waals surface area (Å²) >= 11 is 0. The Morgan fingerprint density at radius 2 is 2.05 bits per heavy atom. The first-order valence-electron chi connectivity index (χ1n) is 6.12. The lowest BCUT2D eigenvalue weighted by Crippen LogP contribution is -2.44. The third-order valence-corrected chi connectivity index (χ3v) is 3.00. The van der Waals surface area contributed by atoms with Crippen molar-refractivity contribution in [1.29, 1.82) is 0 Å². The summed E-state index contributed by atoms with van der Waals surface area (Å²) < 4.78 is 13.2. The lowest BCUT2D eigenvalue weighted by Gasteiger charge is -2.14. The zero-order valence-corrected chi connectivity index (χ0v) is 10.7. The molecule has 9 heteroatoms. The first-order valence-corrected chi connectivity index (χ1v) is 6.12. The lowest BCUT2D eigenvalue weighted by atomic mass is 10.2. The molecule has 21 heavy (non-hydrogen) atoms. The maximum Gasteiger partial charge on any atom is 0.326 e. The number of carboxylic acid groups (broad SMARTS) is 1. The summed E-state index contributed by atoms with van der Waals surface area (Å²) in [5.74, 6) is -2.15. The molecule has 1 atom stereocenters. The second-order valence-electron chi connectivity index (χ2n) is 4.71. The molecule has 0 aliphatic heterocycles. The molecule has 1 unspecified atom stereocenters. The van der Waals surface area contributed by atoms with Crippen molar-refractivity contribution in [2.45, 2.75) is 18.9 Å². The number of halogens is 1. The molecule has 1 aliphatic rings. The van der Waals surface area contributed by atoms with E-state index in [2.05, 4.69) is 10.6 Å². The van der Waals surface area contributed by atoms with Crippen LogP contribution in [0.3, 0.4) is 0 Å². The molecule has 0 radical (unpaired) electrons. The fraction of sp³-hybridized carbons (Fsp3) is 0.333. The number of hydrogen-bond acceptors (Lipinski definition) is 4. The van der Waals surface area contributed by atoms with Crippen LogP contribution >= 0.6 is 0 Å². The van der Waals surface area contributed by atoms with Crippen molar-refractivity contribution in [2.24, 2.45) is 5.92 Å². The molecule has 8 nitrogen and oxygen atoms in total. The van der Waals surface area contributed by atoms with Crippen LogP contribution in [0.2, 0.25) is 0 Å². The molecular weight excluding hydrogens is 285 g/mol. The largest absolute Gasteiger partial charge is 0.480 e. The summed E-state index contributed by atoms with van der Waals surface area (Å²) in [6.45, 7) is 0. The first kappa shape index (κ1) is 14.7. The number of carboxylic acids is 1. The number of nitrogens with zero attached hydrogens (tertiary/aromatic N) is 1. The molecular formula is C12H12FN3O5. The Morgan fingerprint density at radius 3 is 2.57 bits per heavy atom. The standard InChI is InChI=1S/C12H12FN3O5/c13-7-3-8(5-9(4-7)16(20)21)14-12(19)15-10(11(17)18)6-1-2-6/h3-6,10H,1-2H2,(H,17,18)(H2,14,15,19). The van der Waals surface area contributed by atoms with Gasteiger partial charge in [-0.05, 0) is 24.8 Å². The molecule has 2 rings (SSSR count). The minimum absolute atomic E-state index is 0.116. The van der Waals surface area contributed by atoms with Crippen molar-refractivity contribution in [2.75, 3.05) is 5.32 Å². The topological polar surface area (TPSA) is 122 Å². The summed E-state index contributed by atoms with van der Waals surface area (Å²) in [6.07, 6.45) is 1.42. The number of aliphatic carboxylic acids is 1. The van der Waals surface area contributed by atoms with Gasteiger partial charge in [0.2, 0.25) is 0 Å². The maximum absolute atomic E-state index is 13.2. The average Bonchev–Trinajstić information content (AvgIpc) is 3.18. The van der Waals surface area contributed by atoms with Crippen LogP contribution in [0.1, 0.15) is 12.8 Å². The van der Waals surface area contributed by atoms with Crippen LogP contribution in [0, 0.1) is 21.8 Å². The van der Waals surface area contributed by atoms with E-state index in [9.17, 15) is 24.1 Å². The highest BCUT2D eigenvalue weighted by atomic mass is 19.1. The van der Waals surface area contributed by atoms with Crippen molar-refractivity contribution in [3.8, 4) is 0 Å². The number of non-ortho nitro benzene ring substituents is 1. The number of carbonyl (C=O) groups excluding carboxylic acids is 1. The highest BCUT2D eigenvalue weighted by molar-refractivity contribution is 5.92. The van der Waals surface area contributed by atoms with Gasteiger partial charge in [0.1, 0.15) is 11.9 Å². The summed E-state index contributed by atoms with van der Waals surface area (Å²) in [6, 6.07) is 0.727. The minimum atomic E-state index is -1.15. The Morgan fingerprint density at radius 1 is 1.38 bits per heavy atom. The summed E-state index contributed by atoms with van der Waals surface area (Å²) in [5, 5.41) is 24.0.